The molecular weight excluding hydrogens is 150 g/mol. The molecule has 0 saturated heterocycles. The summed E-state index contributed by atoms with van der Waals surface area (Å²) in [6, 6.07) is 5.93. The molecule has 3 nitrogen and oxygen atoms in total. The Labute approximate surface area is 70.8 Å². The minimum Gasteiger partial charge on any atom is -0.384 e. The number of hydrogen-bond acceptors (Lipinski definition) is 3. The van der Waals surface area contributed by atoms with Crippen molar-refractivity contribution in [2.45, 2.75) is 18.8 Å². The van der Waals surface area contributed by atoms with Gasteiger partial charge in [0.1, 0.15) is 5.82 Å². The van der Waals surface area contributed by atoms with Crippen LogP contribution in [-0.4, -0.2) is 4.98 Å². The van der Waals surface area contributed by atoms with E-state index in [1.54, 1.807) is 6.07 Å². The number of rotatable bonds is 0. The number of aromatic nitrogens is 1. The fourth-order valence-electron chi connectivity index (χ4n) is 1.62. The van der Waals surface area contributed by atoms with E-state index in [9.17, 15) is 0 Å². The number of aryl methyl sites for hydroxylation is 1. The van der Waals surface area contributed by atoms with Crippen LogP contribution < -0.4 is 5.73 Å². The van der Waals surface area contributed by atoms with Gasteiger partial charge in [-0.1, -0.05) is 6.07 Å². The summed E-state index contributed by atoms with van der Waals surface area (Å²) in [4.78, 5) is 4.18. The number of nitrogens with zero attached hydrogens (tertiary/aromatic N) is 2. The van der Waals surface area contributed by atoms with Crippen molar-refractivity contribution in [1.82, 2.24) is 4.98 Å². The fraction of sp³-hybridized carbons (Fsp3) is 0.333. The van der Waals surface area contributed by atoms with Gasteiger partial charge in [-0.2, -0.15) is 5.26 Å². The summed E-state index contributed by atoms with van der Waals surface area (Å²) >= 11 is 0. The topological polar surface area (TPSA) is 62.7 Å². The van der Waals surface area contributed by atoms with Gasteiger partial charge in [-0.3, -0.25) is 0 Å². The van der Waals surface area contributed by atoms with Crippen LogP contribution in [0.25, 0.3) is 0 Å². The van der Waals surface area contributed by atoms with Crippen molar-refractivity contribution in [3.63, 3.8) is 0 Å². The summed E-state index contributed by atoms with van der Waals surface area (Å²) in [5.41, 5.74) is 7.59. The molecular formula is C9H9N3. The highest BCUT2D eigenvalue weighted by molar-refractivity contribution is 5.40. The van der Waals surface area contributed by atoms with Crippen LogP contribution in [0.2, 0.25) is 0 Å². The molecule has 60 valence electrons. The summed E-state index contributed by atoms with van der Waals surface area (Å²) in [7, 11) is 0. The van der Waals surface area contributed by atoms with Gasteiger partial charge in [0.15, 0.2) is 0 Å². The number of nitrogen functional groups attached to an aromatic ring is 1. The molecule has 1 heterocycles. The lowest BCUT2D eigenvalue weighted by Crippen LogP contribution is -1.95. The van der Waals surface area contributed by atoms with Crippen molar-refractivity contribution in [1.29, 1.82) is 5.26 Å². The monoisotopic (exact) mass is 159 g/mol. The zero-order valence-corrected chi connectivity index (χ0v) is 6.62. The average molecular weight is 159 g/mol. The predicted octanol–water partition coefficient (Wildman–Crippen LogP) is 1.22. The number of anilines is 1. The molecule has 1 aromatic rings. The molecule has 0 aromatic carbocycles. The average Bonchev–Trinajstić information content (AvgIpc) is 2.46. The largest absolute Gasteiger partial charge is 0.384 e. The van der Waals surface area contributed by atoms with Crippen molar-refractivity contribution >= 4 is 5.82 Å². The summed E-state index contributed by atoms with van der Waals surface area (Å²) in [5.74, 6) is 0.584. The van der Waals surface area contributed by atoms with E-state index >= 15 is 0 Å². The van der Waals surface area contributed by atoms with Gasteiger partial charge in [0.05, 0.1) is 12.0 Å². The van der Waals surface area contributed by atoms with Gasteiger partial charge in [0.25, 0.3) is 0 Å². The minimum absolute atomic E-state index is 0.0353. The van der Waals surface area contributed by atoms with E-state index < -0.39 is 0 Å². The van der Waals surface area contributed by atoms with Gasteiger partial charge in [-0.05, 0) is 24.5 Å². The maximum Gasteiger partial charge on any atom is 0.123 e. The second-order valence-electron chi connectivity index (χ2n) is 2.99. The van der Waals surface area contributed by atoms with Crippen molar-refractivity contribution in [3.8, 4) is 6.07 Å². The van der Waals surface area contributed by atoms with Gasteiger partial charge >= 0.3 is 0 Å². The highest BCUT2D eigenvalue weighted by Crippen LogP contribution is 2.31. The molecule has 0 radical (unpaired) electrons. The van der Waals surface area contributed by atoms with Crippen molar-refractivity contribution in [2.75, 3.05) is 5.73 Å². The maximum absolute atomic E-state index is 8.77. The fourth-order valence-corrected chi connectivity index (χ4v) is 1.62. The Morgan fingerprint density at radius 3 is 3.17 bits per heavy atom. The number of nitriles is 1. The van der Waals surface area contributed by atoms with Crippen LogP contribution >= 0.6 is 0 Å². The first-order valence-corrected chi connectivity index (χ1v) is 3.96. The van der Waals surface area contributed by atoms with Crippen LogP contribution in [0.4, 0.5) is 5.82 Å². The molecule has 0 aliphatic heterocycles. The number of hydrogen-bond donors (Lipinski definition) is 1. The van der Waals surface area contributed by atoms with E-state index in [1.807, 2.05) is 6.07 Å². The van der Waals surface area contributed by atoms with Gasteiger partial charge < -0.3 is 5.73 Å². The highest BCUT2D eigenvalue weighted by Gasteiger charge is 2.22. The standard InChI is InChI=1S/C9H9N3/c10-5-6-1-3-8-7(6)2-4-9(11)12-8/h2,4,6H,1,3H2,(H2,11,12). The first kappa shape index (κ1) is 7.11. The molecule has 0 saturated carbocycles. The van der Waals surface area contributed by atoms with Crippen LogP contribution in [0.5, 0.6) is 0 Å². The van der Waals surface area contributed by atoms with Crippen molar-refractivity contribution < 1.29 is 0 Å². The molecule has 2 N–H and O–H groups in total. The Morgan fingerprint density at radius 1 is 1.58 bits per heavy atom. The Balaban J connectivity index is 2.49. The minimum atomic E-state index is 0.0353. The summed E-state index contributed by atoms with van der Waals surface area (Å²) in [6.45, 7) is 0. The normalized spacial score (nSPS) is 20.1. The lowest BCUT2D eigenvalue weighted by atomic mass is 10.1. The quantitative estimate of drug-likeness (QED) is 0.619. The first-order valence-electron chi connectivity index (χ1n) is 3.96. The van der Waals surface area contributed by atoms with E-state index in [-0.39, 0.29) is 5.92 Å². The van der Waals surface area contributed by atoms with E-state index in [0.717, 1.165) is 24.1 Å². The summed E-state index contributed by atoms with van der Waals surface area (Å²) < 4.78 is 0. The molecule has 1 atom stereocenters. The number of fused-ring (bicyclic) bond motifs is 1. The summed E-state index contributed by atoms with van der Waals surface area (Å²) in [5, 5.41) is 8.77. The third-order valence-electron chi connectivity index (χ3n) is 2.23. The number of pyridine rings is 1. The molecule has 1 unspecified atom stereocenters. The Hall–Kier alpha value is -1.56. The number of nitrogens with two attached hydrogens (primary N) is 1. The zero-order valence-electron chi connectivity index (χ0n) is 6.62. The third kappa shape index (κ3) is 0.928. The third-order valence-corrected chi connectivity index (χ3v) is 2.23. The molecule has 0 amide bonds. The molecule has 0 spiro atoms. The van der Waals surface area contributed by atoms with Crippen LogP contribution in [0.1, 0.15) is 23.6 Å². The van der Waals surface area contributed by atoms with Crippen molar-refractivity contribution in [2.24, 2.45) is 0 Å². The lowest BCUT2D eigenvalue weighted by Gasteiger charge is -2.00. The van der Waals surface area contributed by atoms with E-state index in [2.05, 4.69) is 11.1 Å². The van der Waals surface area contributed by atoms with Gasteiger partial charge in [-0.15, -0.1) is 0 Å². The molecule has 3 heteroatoms. The SMILES string of the molecule is N#CC1CCc2nc(N)ccc21. The van der Waals surface area contributed by atoms with Crippen LogP contribution in [-0.2, 0) is 6.42 Å². The molecule has 1 aliphatic rings. The molecule has 0 bridgehead atoms. The van der Waals surface area contributed by atoms with E-state index in [4.69, 9.17) is 11.0 Å². The first-order chi connectivity index (χ1) is 5.81. The molecule has 0 fully saturated rings. The lowest BCUT2D eigenvalue weighted by molar-refractivity contribution is 0.822. The second kappa shape index (κ2) is 2.49. The van der Waals surface area contributed by atoms with Crippen LogP contribution in [0.15, 0.2) is 12.1 Å². The molecule has 1 aliphatic carbocycles. The van der Waals surface area contributed by atoms with Gasteiger partial charge in [0.2, 0.25) is 0 Å². The smallest absolute Gasteiger partial charge is 0.123 e. The maximum atomic E-state index is 8.77. The van der Waals surface area contributed by atoms with Crippen LogP contribution in [0, 0.1) is 11.3 Å². The zero-order chi connectivity index (χ0) is 8.55. The second-order valence-corrected chi connectivity index (χ2v) is 2.99. The Bertz CT molecular complexity index is 351. The van der Waals surface area contributed by atoms with Crippen molar-refractivity contribution in [3.05, 3.63) is 23.4 Å². The van der Waals surface area contributed by atoms with Crippen LogP contribution in [0.3, 0.4) is 0 Å². The van der Waals surface area contributed by atoms with Gasteiger partial charge in [0, 0.05) is 5.69 Å². The van der Waals surface area contributed by atoms with E-state index in [0.29, 0.717) is 5.82 Å². The molecule has 1 aromatic heterocycles. The predicted molar refractivity (Wildman–Crippen MR) is 45.3 cm³/mol. The van der Waals surface area contributed by atoms with Gasteiger partial charge in [-0.25, -0.2) is 4.98 Å². The Kier molecular flexibility index (Phi) is 1.47. The van der Waals surface area contributed by atoms with E-state index in [1.165, 1.54) is 0 Å². The highest BCUT2D eigenvalue weighted by atomic mass is 14.8. The summed E-state index contributed by atoms with van der Waals surface area (Å²) in [6.07, 6.45) is 1.78. The molecule has 2 rings (SSSR count). The molecule has 12 heavy (non-hydrogen) atoms. The Morgan fingerprint density at radius 2 is 2.42 bits per heavy atom.